The maximum absolute atomic E-state index is 13.5. The number of carboxylic acids is 1. The number of phenols is 1. The van der Waals surface area contributed by atoms with E-state index in [1.54, 1.807) is 24.3 Å². The zero-order valence-electron chi connectivity index (χ0n) is 22.9. The Hall–Kier alpha value is -3.45. The lowest BCUT2D eigenvalue weighted by molar-refractivity contribution is -0.144. The lowest BCUT2D eigenvalue weighted by atomic mass is 9.95. The Morgan fingerprint density at radius 1 is 1.17 bits per heavy atom. The lowest BCUT2D eigenvalue weighted by Gasteiger charge is -2.38. The fourth-order valence-corrected chi connectivity index (χ4v) is 6.67. The quantitative estimate of drug-likeness (QED) is 0.252. The van der Waals surface area contributed by atoms with Crippen LogP contribution in [0.5, 0.6) is 5.75 Å². The number of pyridine rings is 1. The van der Waals surface area contributed by atoms with E-state index in [4.69, 9.17) is 9.63 Å². The van der Waals surface area contributed by atoms with Gasteiger partial charge in [-0.15, -0.1) is 0 Å². The summed E-state index contributed by atoms with van der Waals surface area (Å²) in [6, 6.07) is 9.24. The Balaban J connectivity index is 1.33. The number of carbonyl (C=O) groups is 2. The minimum absolute atomic E-state index is 0.0882. The van der Waals surface area contributed by atoms with Crippen molar-refractivity contribution in [2.75, 3.05) is 38.9 Å². The lowest BCUT2D eigenvalue weighted by Crippen LogP contribution is -2.48. The molecule has 1 aromatic heterocycles. The molecule has 0 saturated carbocycles. The second-order valence-electron chi connectivity index (χ2n) is 10.5. The highest BCUT2D eigenvalue weighted by Crippen LogP contribution is 2.44. The summed E-state index contributed by atoms with van der Waals surface area (Å²) in [7, 11) is -4.10. The number of rotatable bonds is 10. The molecule has 224 valence electrons. The standard InChI is InChI=1S/C28H32FN4O8P/c1-17(28(37)38)41-42(39,40)14-13-31-9-11-32(12-10-31)26(35)22-20-3-2-8-30-24(20)25(34)23-21(22)16-33(27(23)36)15-18-4-6-19(29)7-5-18/h2-8,17,26,34-35H,9-16H2,1H3,(H,37,38)(H,39,40)/t17-,26?/m0/s1. The van der Waals surface area contributed by atoms with Crippen LogP contribution >= 0.6 is 7.60 Å². The molecule has 4 N–H and O–H groups in total. The van der Waals surface area contributed by atoms with Crippen molar-refractivity contribution < 1.29 is 43.3 Å². The first kappa shape index (κ1) is 30.0. The summed E-state index contributed by atoms with van der Waals surface area (Å²) in [5.74, 6) is -2.37. The fraction of sp³-hybridized carbons (Fsp3) is 0.393. The molecule has 3 heterocycles. The van der Waals surface area contributed by atoms with Gasteiger partial charge < -0.3 is 30.0 Å². The molecule has 2 aromatic carbocycles. The fourth-order valence-electron chi connectivity index (χ4n) is 5.44. The van der Waals surface area contributed by atoms with Gasteiger partial charge in [-0.3, -0.25) is 23.8 Å². The number of aliphatic hydroxyl groups is 1. The highest BCUT2D eigenvalue weighted by atomic mass is 31.2. The van der Waals surface area contributed by atoms with Crippen LogP contribution in [0.3, 0.4) is 0 Å². The van der Waals surface area contributed by atoms with Crippen LogP contribution in [0.1, 0.15) is 40.2 Å². The number of piperazine rings is 1. The van der Waals surface area contributed by atoms with E-state index in [0.29, 0.717) is 48.3 Å². The molecule has 1 fully saturated rings. The van der Waals surface area contributed by atoms with Crippen LogP contribution in [-0.4, -0.2) is 96.8 Å². The first-order valence-corrected chi connectivity index (χ1v) is 15.2. The number of hydrogen-bond acceptors (Lipinski definition) is 9. The Bertz CT molecular complexity index is 1550. The predicted octanol–water partition coefficient (Wildman–Crippen LogP) is 2.52. The summed E-state index contributed by atoms with van der Waals surface area (Å²) in [6.45, 7) is 3.43. The van der Waals surface area contributed by atoms with Crippen LogP contribution in [-0.2, 0) is 27.0 Å². The molecule has 5 rings (SSSR count). The van der Waals surface area contributed by atoms with E-state index in [1.807, 2.05) is 9.80 Å². The van der Waals surface area contributed by atoms with Crippen LogP contribution in [0.2, 0.25) is 0 Å². The molecule has 3 aromatic rings. The number of fused-ring (bicyclic) bond motifs is 2. The van der Waals surface area contributed by atoms with Crippen molar-refractivity contribution in [2.24, 2.45) is 0 Å². The van der Waals surface area contributed by atoms with Crippen molar-refractivity contribution in [1.29, 1.82) is 0 Å². The third-order valence-electron chi connectivity index (χ3n) is 7.70. The number of aliphatic carboxylic acids is 1. The number of phenolic OH excluding ortho intramolecular Hbond substituents is 1. The molecule has 0 aliphatic carbocycles. The van der Waals surface area contributed by atoms with Crippen LogP contribution in [0, 0.1) is 5.82 Å². The summed E-state index contributed by atoms with van der Waals surface area (Å²) in [4.78, 5) is 44.0. The molecule has 12 nitrogen and oxygen atoms in total. The maximum Gasteiger partial charge on any atom is 0.333 e. The number of carbonyl (C=O) groups excluding carboxylic acids is 1. The number of aromatic hydroxyl groups is 1. The normalized spacial score (nSPS) is 19.0. The third-order valence-corrected chi connectivity index (χ3v) is 9.11. The number of halogens is 1. The summed E-state index contributed by atoms with van der Waals surface area (Å²) >= 11 is 0. The van der Waals surface area contributed by atoms with Crippen LogP contribution in [0.4, 0.5) is 4.39 Å². The van der Waals surface area contributed by atoms with E-state index >= 15 is 0 Å². The SMILES string of the molecule is C[C@H](OP(=O)(O)CCN1CCN(C(O)c2c3c(c(O)c4ncccc24)C(=O)N(Cc2ccc(F)cc2)C3)CC1)C(=O)O. The first-order chi connectivity index (χ1) is 19.9. The number of hydrogen-bond donors (Lipinski definition) is 4. The van der Waals surface area contributed by atoms with E-state index < -0.39 is 31.8 Å². The molecule has 0 radical (unpaired) electrons. The maximum atomic E-state index is 13.5. The highest BCUT2D eigenvalue weighted by Gasteiger charge is 2.38. The summed E-state index contributed by atoms with van der Waals surface area (Å²) in [5, 5.41) is 32.2. The molecule has 42 heavy (non-hydrogen) atoms. The molecule has 0 bridgehead atoms. The van der Waals surface area contributed by atoms with Gasteiger partial charge in [-0.05, 0) is 36.2 Å². The number of carboxylic acid groups (broad SMARTS) is 1. The van der Waals surface area contributed by atoms with Gasteiger partial charge in [-0.25, -0.2) is 9.18 Å². The molecule has 2 aliphatic heterocycles. The second kappa shape index (κ2) is 12.0. The van der Waals surface area contributed by atoms with Gasteiger partial charge >= 0.3 is 13.6 Å². The minimum atomic E-state index is -4.10. The van der Waals surface area contributed by atoms with Gasteiger partial charge in [0.25, 0.3) is 5.91 Å². The Labute approximate surface area is 241 Å². The Morgan fingerprint density at radius 3 is 2.52 bits per heavy atom. The van der Waals surface area contributed by atoms with Crippen molar-refractivity contribution in [3.8, 4) is 5.75 Å². The van der Waals surface area contributed by atoms with Crippen LogP contribution in [0.25, 0.3) is 10.9 Å². The van der Waals surface area contributed by atoms with Crippen molar-refractivity contribution in [3.63, 3.8) is 0 Å². The monoisotopic (exact) mass is 602 g/mol. The second-order valence-corrected chi connectivity index (χ2v) is 12.4. The average molecular weight is 603 g/mol. The highest BCUT2D eigenvalue weighted by molar-refractivity contribution is 7.52. The van der Waals surface area contributed by atoms with Gasteiger partial charge in [0.05, 0.1) is 11.7 Å². The molecule has 14 heteroatoms. The molecule has 1 amide bonds. The van der Waals surface area contributed by atoms with Gasteiger partial charge in [0.1, 0.15) is 17.6 Å². The van der Waals surface area contributed by atoms with E-state index in [1.165, 1.54) is 30.2 Å². The zero-order valence-corrected chi connectivity index (χ0v) is 23.8. The van der Waals surface area contributed by atoms with E-state index in [0.717, 1.165) is 0 Å². The Kier molecular flexibility index (Phi) is 8.61. The van der Waals surface area contributed by atoms with Gasteiger partial charge in [0.2, 0.25) is 0 Å². The van der Waals surface area contributed by atoms with E-state index in [-0.39, 0.29) is 48.4 Å². The molecule has 2 aliphatic rings. The summed E-state index contributed by atoms with van der Waals surface area (Å²) in [6.07, 6.45) is -1.26. The van der Waals surface area contributed by atoms with Crippen molar-refractivity contribution in [3.05, 3.63) is 70.7 Å². The number of nitrogens with zero attached hydrogens (tertiary/aromatic N) is 4. The van der Waals surface area contributed by atoms with Gasteiger partial charge in [-0.1, -0.05) is 18.2 Å². The van der Waals surface area contributed by atoms with Crippen molar-refractivity contribution >= 4 is 30.4 Å². The number of aromatic nitrogens is 1. The van der Waals surface area contributed by atoms with Crippen LogP contribution < -0.4 is 0 Å². The summed E-state index contributed by atoms with van der Waals surface area (Å²) in [5.41, 5.74) is 1.99. The molecule has 1 saturated heterocycles. The molecular weight excluding hydrogens is 570 g/mol. The minimum Gasteiger partial charge on any atom is -0.505 e. The Morgan fingerprint density at radius 2 is 1.86 bits per heavy atom. The van der Waals surface area contributed by atoms with Gasteiger partial charge in [0, 0.05) is 63.0 Å². The molecule has 2 unspecified atom stereocenters. The first-order valence-electron chi connectivity index (χ1n) is 13.5. The summed E-state index contributed by atoms with van der Waals surface area (Å²) < 4.78 is 30.5. The smallest absolute Gasteiger partial charge is 0.333 e. The van der Waals surface area contributed by atoms with Crippen LogP contribution in [0.15, 0.2) is 42.6 Å². The van der Waals surface area contributed by atoms with Gasteiger partial charge in [0.15, 0.2) is 11.9 Å². The van der Waals surface area contributed by atoms with E-state index in [2.05, 4.69) is 4.98 Å². The average Bonchev–Trinajstić information content (AvgIpc) is 3.28. The number of aliphatic hydroxyl groups excluding tert-OH is 1. The van der Waals surface area contributed by atoms with Gasteiger partial charge in [-0.2, -0.15) is 0 Å². The number of benzene rings is 2. The predicted molar refractivity (Wildman–Crippen MR) is 149 cm³/mol. The third kappa shape index (κ3) is 6.17. The topological polar surface area (TPSA) is 164 Å². The van der Waals surface area contributed by atoms with Crippen molar-refractivity contribution in [2.45, 2.75) is 32.3 Å². The number of amides is 1. The molecule has 3 atom stereocenters. The molecular formula is C28H32FN4O8P. The van der Waals surface area contributed by atoms with Crippen molar-refractivity contribution in [1.82, 2.24) is 19.7 Å². The molecule has 0 spiro atoms. The van der Waals surface area contributed by atoms with E-state index in [9.17, 15) is 33.7 Å². The largest absolute Gasteiger partial charge is 0.505 e. The zero-order chi connectivity index (χ0) is 30.2.